The molecule has 2 aromatic carbocycles. The third-order valence-electron chi connectivity index (χ3n) is 7.83. The monoisotopic (exact) mass is 646 g/mol. The van der Waals surface area contributed by atoms with Crippen LogP contribution in [0.15, 0.2) is 42.7 Å². The molecule has 5 N–H and O–H groups in total. The third kappa shape index (κ3) is 6.51. The molecule has 244 valence electrons. The van der Waals surface area contributed by atoms with E-state index in [1.54, 1.807) is 22.5 Å². The molecule has 2 aromatic heterocycles. The molecule has 1 aliphatic heterocycles. The van der Waals surface area contributed by atoms with Crippen LogP contribution in [-0.4, -0.2) is 65.2 Å². The molecule has 0 atom stereocenters. The van der Waals surface area contributed by atoms with Crippen molar-refractivity contribution in [2.24, 2.45) is 0 Å². The molecular weight excluding hydrogens is 615 g/mol. The van der Waals surface area contributed by atoms with Gasteiger partial charge in [0.05, 0.1) is 35.8 Å². The fourth-order valence-electron chi connectivity index (χ4n) is 5.70. The number of anilines is 3. The number of aromatic nitrogens is 3. The summed E-state index contributed by atoms with van der Waals surface area (Å²) in [5, 5.41) is 11.8. The zero-order valence-electron chi connectivity index (χ0n) is 24.8. The van der Waals surface area contributed by atoms with E-state index in [-0.39, 0.29) is 30.1 Å². The van der Waals surface area contributed by atoms with Gasteiger partial charge in [-0.05, 0) is 48.7 Å². The molecule has 16 heteroatoms. The van der Waals surface area contributed by atoms with Crippen LogP contribution in [0.25, 0.3) is 16.6 Å². The van der Waals surface area contributed by atoms with E-state index in [0.29, 0.717) is 60.8 Å². The quantitative estimate of drug-likeness (QED) is 0.198. The predicted octanol–water partition coefficient (Wildman–Crippen LogP) is 4.99. The molecule has 3 amide bonds. The third-order valence-corrected chi connectivity index (χ3v) is 7.83. The standard InChI is InChI=1S/C30H31F5N8O3/c1-37-29(45)42-9-7-16(8-10-42)26-19(14-46-2)25(27-28(36)39-15-40-43(26)27)17-3-6-22(21(32)11-17)38-13-24(44)41-23-12-18(30(33,34)35)4-5-20(23)31/h3-6,11-12,15-16,38H,7-10,13-14H2,1-2H3,(H,37,45)(H,41,44)(H2,36,39,40). The Morgan fingerprint density at radius 3 is 2.46 bits per heavy atom. The Labute approximate surface area is 259 Å². The van der Waals surface area contributed by atoms with Crippen LogP contribution in [0.4, 0.5) is 43.9 Å². The lowest BCUT2D eigenvalue weighted by atomic mass is 9.89. The number of nitrogens with one attached hydrogen (secondary N) is 3. The Kier molecular flexibility index (Phi) is 9.27. The summed E-state index contributed by atoms with van der Waals surface area (Å²) < 4.78 is 75.8. The van der Waals surface area contributed by atoms with E-state index >= 15 is 4.39 Å². The number of hydrogen-bond acceptors (Lipinski definition) is 7. The maximum atomic E-state index is 15.5. The molecule has 46 heavy (non-hydrogen) atoms. The molecule has 0 bridgehead atoms. The first kappa shape index (κ1) is 32.4. The normalized spacial score (nSPS) is 14.0. The summed E-state index contributed by atoms with van der Waals surface area (Å²) in [6.07, 6.45) is -2.12. The maximum absolute atomic E-state index is 15.5. The van der Waals surface area contributed by atoms with Crippen LogP contribution in [0.1, 0.15) is 35.6 Å². The summed E-state index contributed by atoms with van der Waals surface area (Å²) in [5.74, 6) is -2.54. The second kappa shape index (κ2) is 13.2. The number of rotatable bonds is 8. The van der Waals surface area contributed by atoms with Crippen molar-refractivity contribution in [2.45, 2.75) is 31.5 Å². The number of likely N-dealkylation sites (tertiary alicyclic amines) is 1. The minimum Gasteiger partial charge on any atom is -0.382 e. The molecule has 1 saturated heterocycles. The van der Waals surface area contributed by atoms with Crippen molar-refractivity contribution in [3.05, 3.63) is 71.2 Å². The molecule has 3 heterocycles. The lowest BCUT2D eigenvalue weighted by Crippen LogP contribution is -2.43. The number of halogens is 5. The zero-order chi connectivity index (χ0) is 33.2. The number of carbonyl (C=O) groups excluding carboxylic acids is 2. The van der Waals surface area contributed by atoms with Crippen LogP contribution >= 0.6 is 0 Å². The van der Waals surface area contributed by atoms with Gasteiger partial charge in [0.1, 0.15) is 23.5 Å². The summed E-state index contributed by atoms with van der Waals surface area (Å²) >= 11 is 0. The second-order valence-corrected chi connectivity index (χ2v) is 10.7. The fourth-order valence-corrected chi connectivity index (χ4v) is 5.70. The van der Waals surface area contributed by atoms with E-state index in [9.17, 15) is 27.2 Å². The lowest BCUT2D eigenvalue weighted by Gasteiger charge is -2.32. The number of nitrogens with two attached hydrogens (primary N) is 1. The fraction of sp³-hybridized carbons (Fsp3) is 0.333. The van der Waals surface area contributed by atoms with Crippen LogP contribution in [-0.2, 0) is 22.3 Å². The summed E-state index contributed by atoms with van der Waals surface area (Å²) in [6, 6.07) is 5.73. The van der Waals surface area contributed by atoms with Gasteiger partial charge in [-0.3, -0.25) is 4.79 Å². The van der Waals surface area contributed by atoms with Gasteiger partial charge in [-0.2, -0.15) is 18.3 Å². The zero-order valence-corrected chi connectivity index (χ0v) is 24.8. The topological polar surface area (TPSA) is 139 Å². The van der Waals surface area contributed by atoms with E-state index in [4.69, 9.17) is 10.5 Å². The van der Waals surface area contributed by atoms with Gasteiger partial charge in [0, 0.05) is 44.3 Å². The van der Waals surface area contributed by atoms with E-state index in [0.717, 1.165) is 11.3 Å². The number of nitrogen functional groups attached to an aromatic ring is 1. The molecule has 0 spiro atoms. The Balaban J connectivity index is 1.41. The highest BCUT2D eigenvalue weighted by molar-refractivity contribution is 5.94. The first-order valence-corrected chi connectivity index (χ1v) is 14.2. The van der Waals surface area contributed by atoms with Crippen molar-refractivity contribution in [3.8, 4) is 11.1 Å². The van der Waals surface area contributed by atoms with Crippen LogP contribution in [0.3, 0.4) is 0 Å². The minimum atomic E-state index is -4.73. The number of fused-ring (bicyclic) bond motifs is 1. The number of carbonyl (C=O) groups is 2. The number of hydrogen-bond donors (Lipinski definition) is 4. The number of nitrogens with zero attached hydrogens (tertiary/aromatic N) is 4. The van der Waals surface area contributed by atoms with Crippen LogP contribution in [0.2, 0.25) is 0 Å². The number of piperidine rings is 1. The van der Waals surface area contributed by atoms with E-state index in [2.05, 4.69) is 26.0 Å². The molecule has 11 nitrogen and oxygen atoms in total. The largest absolute Gasteiger partial charge is 0.416 e. The summed E-state index contributed by atoms with van der Waals surface area (Å²) in [7, 11) is 3.11. The first-order valence-electron chi connectivity index (χ1n) is 14.2. The highest BCUT2D eigenvalue weighted by atomic mass is 19.4. The van der Waals surface area contributed by atoms with E-state index < -0.39 is 41.5 Å². The number of methoxy groups -OCH3 is 1. The Hall–Kier alpha value is -4.99. The summed E-state index contributed by atoms with van der Waals surface area (Å²) in [4.78, 5) is 30.4. The van der Waals surface area contributed by atoms with Gasteiger partial charge in [-0.1, -0.05) is 6.07 Å². The van der Waals surface area contributed by atoms with Crippen molar-refractivity contribution >= 4 is 34.6 Å². The van der Waals surface area contributed by atoms with Gasteiger partial charge in [-0.25, -0.2) is 23.1 Å². The second-order valence-electron chi connectivity index (χ2n) is 10.7. The van der Waals surface area contributed by atoms with Crippen molar-refractivity contribution in [3.63, 3.8) is 0 Å². The lowest BCUT2D eigenvalue weighted by molar-refractivity contribution is -0.137. The Morgan fingerprint density at radius 1 is 1.07 bits per heavy atom. The number of ether oxygens (including phenoxy) is 1. The number of amides is 3. The maximum Gasteiger partial charge on any atom is 0.416 e. The molecule has 0 aliphatic carbocycles. The number of urea groups is 1. The average molecular weight is 647 g/mol. The smallest absolute Gasteiger partial charge is 0.382 e. The molecule has 0 radical (unpaired) electrons. The van der Waals surface area contributed by atoms with Crippen molar-refractivity contribution in [1.82, 2.24) is 24.8 Å². The molecule has 0 saturated carbocycles. The summed E-state index contributed by atoms with van der Waals surface area (Å²) in [5.41, 5.74) is 7.46. The van der Waals surface area contributed by atoms with Gasteiger partial charge < -0.3 is 31.3 Å². The van der Waals surface area contributed by atoms with Crippen molar-refractivity contribution in [1.29, 1.82) is 0 Å². The number of benzene rings is 2. The van der Waals surface area contributed by atoms with Gasteiger partial charge >= 0.3 is 12.2 Å². The molecule has 1 aliphatic rings. The Morgan fingerprint density at radius 2 is 1.80 bits per heavy atom. The van der Waals surface area contributed by atoms with Crippen molar-refractivity contribution in [2.75, 3.05) is 50.2 Å². The van der Waals surface area contributed by atoms with Crippen molar-refractivity contribution < 1.29 is 36.3 Å². The average Bonchev–Trinajstić information content (AvgIpc) is 3.35. The first-order chi connectivity index (χ1) is 21.9. The van der Waals surface area contributed by atoms with Crippen LogP contribution < -0.4 is 21.7 Å². The highest BCUT2D eigenvalue weighted by Crippen LogP contribution is 2.42. The van der Waals surface area contributed by atoms with Crippen LogP contribution in [0, 0.1) is 11.6 Å². The van der Waals surface area contributed by atoms with Crippen LogP contribution in [0.5, 0.6) is 0 Å². The Bertz CT molecular complexity index is 1770. The van der Waals surface area contributed by atoms with E-state index in [1.165, 1.54) is 25.6 Å². The van der Waals surface area contributed by atoms with E-state index in [1.807, 2.05) is 0 Å². The predicted molar refractivity (Wildman–Crippen MR) is 160 cm³/mol. The van der Waals surface area contributed by atoms with Gasteiger partial charge in [-0.15, -0.1) is 0 Å². The summed E-state index contributed by atoms with van der Waals surface area (Å²) in [6.45, 7) is 0.623. The molecule has 0 unspecified atom stereocenters. The van der Waals surface area contributed by atoms with Gasteiger partial charge in [0.15, 0.2) is 5.82 Å². The molecule has 4 aromatic rings. The highest BCUT2D eigenvalue weighted by Gasteiger charge is 2.33. The van der Waals surface area contributed by atoms with Gasteiger partial charge in [0.25, 0.3) is 0 Å². The minimum absolute atomic E-state index is 0.0208. The molecule has 5 rings (SSSR count). The molecular formula is C30H31F5N8O3. The molecule has 1 fully saturated rings. The number of alkyl halides is 3. The SMILES string of the molecule is CNC(=O)N1CCC(c2c(COC)c(-c3ccc(NCC(=O)Nc4cc(C(F)(F)F)ccc4F)c(F)c3)c3c(N)ncnn23)CC1. The van der Waals surface area contributed by atoms with Gasteiger partial charge in [0.2, 0.25) is 5.91 Å².